The van der Waals surface area contributed by atoms with Gasteiger partial charge in [-0.2, -0.15) is 11.8 Å². The van der Waals surface area contributed by atoms with Gasteiger partial charge in [-0.3, -0.25) is 9.59 Å². The summed E-state index contributed by atoms with van der Waals surface area (Å²) in [5.74, 6) is 0.503. The molecule has 0 unspecified atom stereocenters. The van der Waals surface area contributed by atoms with Gasteiger partial charge in [-0.05, 0) is 54.9 Å². The molecule has 0 bridgehead atoms. The van der Waals surface area contributed by atoms with Crippen molar-refractivity contribution in [1.29, 1.82) is 0 Å². The number of anilines is 1. The maximum absolute atomic E-state index is 11.7. The highest BCUT2D eigenvalue weighted by molar-refractivity contribution is 7.98. The molecule has 4 nitrogen and oxygen atoms in total. The van der Waals surface area contributed by atoms with Gasteiger partial charge in [0, 0.05) is 12.2 Å². The van der Waals surface area contributed by atoms with Crippen LogP contribution in [0.5, 0.6) is 0 Å². The molecule has 1 aromatic carbocycles. The quantitative estimate of drug-likeness (QED) is 0.789. The molecular weight excluding hydrogens is 272 g/mol. The predicted octanol–water partition coefficient (Wildman–Crippen LogP) is 2.06. The van der Waals surface area contributed by atoms with Crippen molar-refractivity contribution in [3.05, 3.63) is 29.8 Å². The number of aryl methyl sites for hydroxylation is 1. The Bertz CT molecular complexity index is 469. The van der Waals surface area contributed by atoms with Crippen molar-refractivity contribution in [2.24, 2.45) is 5.92 Å². The molecule has 2 N–H and O–H groups in total. The fourth-order valence-electron chi connectivity index (χ4n) is 1.80. The lowest BCUT2D eigenvalue weighted by Crippen LogP contribution is -2.36. The van der Waals surface area contributed by atoms with Gasteiger partial charge in [0.15, 0.2) is 0 Å². The summed E-state index contributed by atoms with van der Waals surface area (Å²) in [6, 6.07) is 7.63. The number of rotatable bonds is 6. The van der Waals surface area contributed by atoms with Crippen molar-refractivity contribution < 1.29 is 9.59 Å². The number of thioether (sulfide) groups is 1. The van der Waals surface area contributed by atoms with Gasteiger partial charge >= 0.3 is 11.8 Å². The second-order valence-electron chi connectivity index (χ2n) is 5.05. The minimum atomic E-state index is -0.595. The van der Waals surface area contributed by atoms with Crippen LogP contribution in [-0.4, -0.2) is 30.4 Å². The lowest BCUT2D eigenvalue weighted by molar-refractivity contribution is -0.136. The molecule has 2 amide bonds. The smallest absolute Gasteiger partial charge is 0.313 e. The third-order valence-electron chi connectivity index (χ3n) is 3.26. The second kappa shape index (κ2) is 7.33. The topological polar surface area (TPSA) is 58.2 Å². The maximum atomic E-state index is 11.7. The average molecular weight is 292 g/mol. The number of amides is 2. The summed E-state index contributed by atoms with van der Waals surface area (Å²) in [6.45, 7) is 0.611. The Morgan fingerprint density at radius 3 is 2.50 bits per heavy atom. The fourth-order valence-corrected chi connectivity index (χ4v) is 2.24. The molecule has 0 heterocycles. The zero-order chi connectivity index (χ0) is 14.4. The third-order valence-corrected chi connectivity index (χ3v) is 3.87. The largest absolute Gasteiger partial charge is 0.348 e. The van der Waals surface area contributed by atoms with E-state index in [4.69, 9.17) is 0 Å². The lowest BCUT2D eigenvalue weighted by Gasteiger charge is -2.07. The molecule has 20 heavy (non-hydrogen) atoms. The van der Waals surface area contributed by atoms with Gasteiger partial charge in [-0.25, -0.2) is 0 Å². The molecule has 0 radical (unpaired) electrons. The molecule has 5 heteroatoms. The van der Waals surface area contributed by atoms with Crippen LogP contribution in [0.2, 0.25) is 0 Å². The Hall–Kier alpha value is -1.49. The Balaban J connectivity index is 1.78. The summed E-state index contributed by atoms with van der Waals surface area (Å²) < 4.78 is 0. The van der Waals surface area contributed by atoms with Gasteiger partial charge in [0.2, 0.25) is 0 Å². The molecule has 0 atom stereocenters. The minimum Gasteiger partial charge on any atom is -0.348 e. The number of benzene rings is 1. The second-order valence-corrected chi connectivity index (χ2v) is 6.03. The van der Waals surface area contributed by atoms with Crippen molar-refractivity contribution in [1.82, 2.24) is 5.32 Å². The van der Waals surface area contributed by atoms with Gasteiger partial charge in [0.1, 0.15) is 0 Å². The number of hydrogen-bond donors (Lipinski definition) is 2. The van der Waals surface area contributed by atoms with Crippen molar-refractivity contribution in [2.45, 2.75) is 19.3 Å². The maximum Gasteiger partial charge on any atom is 0.313 e. The summed E-state index contributed by atoms with van der Waals surface area (Å²) >= 11 is 1.81. The number of hydrogen-bond acceptors (Lipinski definition) is 3. The molecule has 1 aliphatic rings. The summed E-state index contributed by atoms with van der Waals surface area (Å²) in [6.07, 6.45) is 5.39. The van der Waals surface area contributed by atoms with Crippen molar-refractivity contribution in [3.8, 4) is 0 Å². The summed E-state index contributed by atoms with van der Waals surface area (Å²) in [4.78, 5) is 23.2. The van der Waals surface area contributed by atoms with Crippen LogP contribution < -0.4 is 10.6 Å². The highest BCUT2D eigenvalue weighted by Gasteiger charge is 2.23. The van der Waals surface area contributed by atoms with E-state index in [2.05, 4.69) is 16.9 Å². The van der Waals surface area contributed by atoms with Gasteiger partial charge < -0.3 is 10.6 Å². The van der Waals surface area contributed by atoms with E-state index in [1.54, 1.807) is 11.8 Å². The molecular formula is C15H20N2O2S. The van der Waals surface area contributed by atoms with Crippen molar-refractivity contribution in [3.63, 3.8) is 0 Å². The lowest BCUT2D eigenvalue weighted by atomic mass is 10.1. The molecule has 0 saturated heterocycles. The van der Waals surface area contributed by atoms with Crippen LogP contribution in [0.4, 0.5) is 5.69 Å². The van der Waals surface area contributed by atoms with Crippen LogP contribution in [0.25, 0.3) is 0 Å². The highest BCUT2D eigenvalue weighted by atomic mass is 32.2. The van der Waals surface area contributed by atoms with Crippen molar-refractivity contribution >= 4 is 29.3 Å². The van der Waals surface area contributed by atoms with Crippen LogP contribution in [-0.2, 0) is 16.0 Å². The SMILES string of the molecule is CSCCc1ccc(NC(=O)C(=O)NCC2CC2)cc1. The van der Waals surface area contributed by atoms with Gasteiger partial charge in [0.25, 0.3) is 0 Å². The van der Waals surface area contributed by atoms with Crippen LogP contribution in [0.3, 0.4) is 0 Å². The average Bonchev–Trinajstić information content (AvgIpc) is 3.28. The molecule has 0 aliphatic heterocycles. The number of carbonyl (C=O) groups excluding carboxylic acids is 2. The van der Waals surface area contributed by atoms with Crippen LogP contribution in [0, 0.1) is 5.92 Å². The van der Waals surface area contributed by atoms with E-state index in [-0.39, 0.29) is 0 Å². The molecule has 1 saturated carbocycles. The zero-order valence-electron chi connectivity index (χ0n) is 11.6. The van der Waals surface area contributed by atoms with E-state index >= 15 is 0 Å². The summed E-state index contributed by atoms with van der Waals surface area (Å²) in [7, 11) is 0. The Morgan fingerprint density at radius 2 is 1.90 bits per heavy atom. The monoisotopic (exact) mass is 292 g/mol. The third kappa shape index (κ3) is 4.89. The minimum absolute atomic E-state index is 0.552. The first-order valence-electron chi connectivity index (χ1n) is 6.86. The molecule has 2 rings (SSSR count). The molecule has 0 spiro atoms. The van der Waals surface area contributed by atoms with Crippen LogP contribution in [0.1, 0.15) is 18.4 Å². The molecule has 1 fully saturated rings. The van der Waals surface area contributed by atoms with Gasteiger partial charge in [-0.15, -0.1) is 0 Å². The molecule has 0 aromatic heterocycles. The first-order valence-corrected chi connectivity index (χ1v) is 8.25. The van der Waals surface area contributed by atoms with E-state index in [9.17, 15) is 9.59 Å². The number of carbonyl (C=O) groups is 2. The molecule has 108 valence electrons. The van der Waals surface area contributed by atoms with E-state index < -0.39 is 11.8 Å². The molecule has 1 aliphatic carbocycles. The van der Waals surface area contributed by atoms with E-state index in [0.717, 1.165) is 25.0 Å². The van der Waals surface area contributed by atoms with Crippen LogP contribution >= 0.6 is 11.8 Å². The van der Waals surface area contributed by atoms with Gasteiger partial charge in [0.05, 0.1) is 0 Å². The predicted molar refractivity (Wildman–Crippen MR) is 82.9 cm³/mol. The summed E-state index contributed by atoms with van der Waals surface area (Å²) in [5.41, 5.74) is 1.89. The van der Waals surface area contributed by atoms with E-state index in [1.807, 2.05) is 24.3 Å². The Labute approximate surface area is 123 Å². The Morgan fingerprint density at radius 1 is 1.20 bits per heavy atom. The highest BCUT2D eigenvalue weighted by Crippen LogP contribution is 2.27. The number of nitrogens with one attached hydrogen (secondary N) is 2. The van der Waals surface area contributed by atoms with Gasteiger partial charge in [-0.1, -0.05) is 12.1 Å². The first kappa shape index (κ1) is 14.9. The fraction of sp³-hybridized carbons (Fsp3) is 0.467. The summed E-state index contributed by atoms with van der Waals surface area (Å²) in [5, 5.41) is 5.26. The standard InChI is InChI=1S/C15H20N2O2S/c1-20-9-8-11-4-6-13(7-5-11)17-15(19)14(18)16-10-12-2-3-12/h4-7,12H,2-3,8-10H2,1H3,(H,16,18)(H,17,19). The Kier molecular flexibility index (Phi) is 5.47. The zero-order valence-corrected chi connectivity index (χ0v) is 12.5. The van der Waals surface area contributed by atoms with Crippen LogP contribution in [0.15, 0.2) is 24.3 Å². The van der Waals surface area contributed by atoms with Crippen molar-refractivity contribution in [2.75, 3.05) is 23.9 Å². The van der Waals surface area contributed by atoms with E-state index in [0.29, 0.717) is 18.2 Å². The normalized spacial score (nSPS) is 13.8. The molecule has 1 aromatic rings. The van der Waals surface area contributed by atoms with E-state index in [1.165, 1.54) is 5.56 Å². The first-order chi connectivity index (χ1) is 9.69.